The minimum Gasteiger partial charge on any atom is -0.334 e. The second kappa shape index (κ2) is 6.71. The molecule has 2 aromatic heterocycles. The lowest BCUT2D eigenvalue weighted by Crippen LogP contribution is -2.41. The third-order valence-corrected chi connectivity index (χ3v) is 5.82. The van der Waals surface area contributed by atoms with E-state index in [9.17, 15) is 9.59 Å². The second-order valence-electron chi connectivity index (χ2n) is 7.27. The molecule has 1 saturated carbocycles. The number of aromatic nitrogens is 5. The molecule has 1 spiro atoms. The highest BCUT2D eigenvalue weighted by atomic mass is 16.2. The monoisotopic (exact) mass is 359 g/mol. The van der Waals surface area contributed by atoms with E-state index in [0.717, 1.165) is 44.7 Å². The Morgan fingerprint density at radius 2 is 2.19 bits per heavy atom. The molecule has 1 saturated heterocycles. The summed E-state index contributed by atoms with van der Waals surface area (Å²) in [5.74, 6) is 0.830. The Labute approximate surface area is 151 Å². The van der Waals surface area contributed by atoms with Crippen LogP contribution < -0.4 is 11.0 Å². The maximum Gasteiger partial charge on any atom is 0.343 e. The van der Waals surface area contributed by atoms with E-state index in [1.807, 2.05) is 11.1 Å². The van der Waals surface area contributed by atoms with Crippen LogP contribution in [0.5, 0.6) is 0 Å². The van der Waals surface area contributed by atoms with E-state index in [-0.39, 0.29) is 29.6 Å². The average Bonchev–Trinajstić information content (AvgIpc) is 2.98. The van der Waals surface area contributed by atoms with Gasteiger partial charge in [0.2, 0.25) is 5.91 Å². The molecule has 0 aromatic carbocycles. The Balaban J connectivity index is 1.56. The summed E-state index contributed by atoms with van der Waals surface area (Å²) >= 11 is 0. The van der Waals surface area contributed by atoms with Gasteiger partial charge in [0.05, 0.1) is 6.54 Å². The third-order valence-electron chi connectivity index (χ3n) is 5.82. The lowest BCUT2D eigenvalue weighted by molar-refractivity contribution is -0.134. The first kappa shape index (κ1) is 17.0. The number of nitrogens with one attached hydrogen (secondary N) is 2. The molecule has 4 rings (SSSR count). The van der Waals surface area contributed by atoms with Gasteiger partial charge in [-0.15, -0.1) is 0 Å². The van der Waals surface area contributed by atoms with Crippen LogP contribution in [0.2, 0.25) is 0 Å². The third kappa shape index (κ3) is 3.07. The van der Waals surface area contributed by atoms with Gasteiger partial charge in [-0.3, -0.25) is 9.36 Å². The summed E-state index contributed by atoms with van der Waals surface area (Å²) in [6, 6.07) is 0.224. The molecule has 2 aliphatic rings. The molecular weight excluding hydrogens is 334 g/mol. The van der Waals surface area contributed by atoms with Gasteiger partial charge >= 0.3 is 5.69 Å². The molecule has 140 valence electrons. The van der Waals surface area contributed by atoms with Crippen LogP contribution in [-0.4, -0.2) is 54.3 Å². The number of hydrogen-bond donors (Lipinski definition) is 2. The van der Waals surface area contributed by atoms with Gasteiger partial charge < -0.3 is 14.8 Å². The zero-order valence-corrected chi connectivity index (χ0v) is 15.0. The van der Waals surface area contributed by atoms with Crippen molar-refractivity contribution in [1.82, 2.24) is 34.5 Å². The van der Waals surface area contributed by atoms with E-state index >= 15 is 0 Å². The highest BCUT2D eigenvalue weighted by Gasteiger charge is 2.57. The average molecular weight is 359 g/mol. The minimum atomic E-state index is -0.360. The summed E-state index contributed by atoms with van der Waals surface area (Å²) in [6.45, 7) is 5.37. The van der Waals surface area contributed by atoms with Gasteiger partial charge in [0.1, 0.15) is 18.7 Å². The van der Waals surface area contributed by atoms with Crippen LogP contribution in [0.3, 0.4) is 0 Å². The summed E-state index contributed by atoms with van der Waals surface area (Å²) in [4.78, 5) is 31.2. The zero-order chi connectivity index (χ0) is 18.1. The van der Waals surface area contributed by atoms with Crippen molar-refractivity contribution >= 4 is 5.91 Å². The SMILES string of the molecule is CCn1ccnc1CN(C(=O)Cn1cn[nH]c1=O)C1CC12CCNCC2. The van der Waals surface area contributed by atoms with Crippen LogP contribution in [0.1, 0.15) is 32.0 Å². The summed E-state index contributed by atoms with van der Waals surface area (Å²) in [5, 5.41) is 9.45. The van der Waals surface area contributed by atoms with Crippen molar-refractivity contribution in [1.29, 1.82) is 0 Å². The lowest BCUT2D eigenvalue weighted by Gasteiger charge is -2.29. The number of imidazole rings is 1. The standard InChI is InChI=1S/C17H25N7O2/c1-2-22-8-7-19-14(22)10-24(13-9-17(13)3-5-18-6-4-17)15(25)11-23-12-20-21-16(23)26/h7-8,12-13,18H,2-6,9-11H2,1H3,(H,21,26). The number of H-pyrrole nitrogens is 1. The van der Waals surface area contributed by atoms with E-state index in [2.05, 4.69) is 32.0 Å². The van der Waals surface area contributed by atoms with Gasteiger partial charge in [0, 0.05) is 25.0 Å². The number of nitrogens with zero attached hydrogens (tertiary/aromatic N) is 5. The van der Waals surface area contributed by atoms with E-state index in [1.165, 1.54) is 10.9 Å². The zero-order valence-electron chi connectivity index (χ0n) is 15.0. The molecule has 9 nitrogen and oxygen atoms in total. The topological polar surface area (TPSA) is 101 Å². The highest BCUT2D eigenvalue weighted by Crippen LogP contribution is 2.56. The molecule has 1 atom stereocenters. The molecule has 2 N–H and O–H groups in total. The summed E-state index contributed by atoms with van der Waals surface area (Å²) in [5.41, 5.74) is -0.132. The van der Waals surface area contributed by atoms with E-state index in [4.69, 9.17) is 0 Å². The summed E-state index contributed by atoms with van der Waals surface area (Å²) in [6.07, 6.45) is 8.30. The molecule has 1 amide bonds. The van der Waals surface area contributed by atoms with Crippen molar-refractivity contribution in [2.45, 2.75) is 51.9 Å². The fourth-order valence-corrected chi connectivity index (χ4v) is 4.15. The number of aryl methyl sites for hydroxylation is 1. The lowest BCUT2D eigenvalue weighted by atomic mass is 9.93. The predicted octanol–water partition coefficient (Wildman–Crippen LogP) is -0.0413. The van der Waals surface area contributed by atoms with Crippen molar-refractivity contribution in [2.75, 3.05) is 13.1 Å². The number of piperidine rings is 1. The molecular formula is C17H25N7O2. The van der Waals surface area contributed by atoms with Crippen LogP contribution in [0.25, 0.3) is 0 Å². The van der Waals surface area contributed by atoms with Crippen molar-refractivity contribution in [3.05, 3.63) is 35.0 Å². The Hall–Kier alpha value is -2.42. The first-order valence-corrected chi connectivity index (χ1v) is 9.23. The van der Waals surface area contributed by atoms with Gasteiger partial charge in [-0.25, -0.2) is 14.9 Å². The molecule has 2 fully saturated rings. The van der Waals surface area contributed by atoms with Gasteiger partial charge in [-0.2, -0.15) is 5.10 Å². The van der Waals surface area contributed by atoms with Gasteiger partial charge in [-0.05, 0) is 44.7 Å². The van der Waals surface area contributed by atoms with E-state index in [1.54, 1.807) is 6.20 Å². The molecule has 26 heavy (non-hydrogen) atoms. The van der Waals surface area contributed by atoms with Crippen molar-refractivity contribution < 1.29 is 4.79 Å². The number of carbonyl (C=O) groups is 1. The van der Waals surface area contributed by atoms with Crippen LogP contribution in [0.15, 0.2) is 23.5 Å². The quantitative estimate of drug-likeness (QED) is 0.754. The Kier molecular flexibility index (Phi) is 4.39. The largest absolute Gasteiger partial charge is 0.343 e. The van der Waals surface area contributed by atoms with Crippen LogP contribution in [0.4, 0.5) is 0 Å². The summed E-state index contributed by atoms with van der Waals surface area (Å²) < 4.78 is 3.38. The normalized spacial score (nSPS) is 21.0. The second-order valence-corrected chi connectivity index (χ2v) is 7.27. The number of aromatic amines is 1. The smallest absolute Gasteiger partial charge is 0.334 e. The number of rotatable bonds is 6. The van der Waals surface area contributed by atoms with Crippen molar-refractivity contribution in [3.8, 4) is 0 Å². The van der Waals surface area contributed by atoms with Crippen molar-refractivity contribution in [3.63, 3.8) is 0 Å². The fourth-order valence-electron chi connectivity index (χ4n) is 4.15. The molecule has 0 bridgehead atoms. The van der Waals surface area contributed by atoms with Gasteiger partial charge in [-0.1, -0.05) is 0 Å². The minimum absolute atomic E-state index is 0.00694. The van der Waals surface area contributed by atoms with Crippen LogP contribution >= 0.6 is 0 Å². The predicted molar refractivity (Wildman–Crippen MR) is 94.2 cm³/mol. The molecule has 3 heterocycles. The van der Waals surface area contributed by atoms with Gasteiger partial charge in [0.15, 0.2) is 0 Å². The number of amides is 1. The first-order valence-electron chi connectivity index (χ1n) is 9.23. The Morgan fingerprint density at radius 1 is 1.38 bits per heavy atom. The van der Waals surface area contributed by atoms with E-state index in [0.29, 0.717) is 6.54 Å². The van der Waals surface area contributed by atoms with Gasteiger partial charge in [0.25, 0.3) is 0 Å². The number of carbonyl (C=O) groups excluding carboxylic acids is 1. The van der Waals surface area contributed by atoms with E-state index < -0.39 is 0 Å². The highest BCUT2D eigenvalue weighted by molar-refractivity contribution is 5.77. The first-order chi connectivity index (χ1) is 12.6. The molecule has 1 unspecified atom stereocenters. The summed E-state index contributed by atoms with van der Waals surface area (Å²) in [7, 11) is 0. The molecule has 1 aliphatic carbocycles. The fraction of sp³-hybridized carbons (Fsp3) is 0.647. The Bertz CT molecular complexity index is 830. The molecule has 1 aliphatic heterocycles. The molecule has 0 radical (unpaired) electrons. The van der Waals surface area contributed by atoms with Crippen molar-refractivity contribution in [2.24, 2.45) is 5.41 Å². The maximum atomic E-state index is 13.1. The van der Waals surface area contributed by atoms with Crippen LogP contribution in [0, 0.1) is 5.41 Å². The molecule has 2 aromatic rings. The Morgan fingerprint density at radius 3 is 2.88 bits per heavy atom. The van der Waals surface area contributed by atoms with Crippen LogP contribution in [-0.2, 0) is 24.4 Å². The number of hydrogen-bond acceptors (Lipinski definition) is 5. The maximum absolute atomic E-state index is 13.1. The molecule has 9 heteroatoms.